The SMILES string of the molecule is [NH-]C(CCC(N)=O)C(=O)O.[NH-]C(CCCCN)C(=O)O.[Zn+2]. The van der Waals surface area contributed by atoms with Gasteiger partial charge < -0.3 is 33.1 Å². The summed E-state index contributed by atoms with van der Waals surface area (Å²) < 4.78 is 0. The summed E-state index contributed by atoms with van der Waals surface area (Å²) in [5, 5.41) is 16.4. The Morgan fingerprint density at radius 2 is 1.38 bits per heavy atom. The monoisotopic (exact) mass is 354 g/mol. The quantitative estimate of drug-likeness (QED) is 0.341. The number of rotatable bonds is 9. The molecule has 118 valence electrons. The van der Waals surface area contributed by atoms with Gasteiger partial charge in [-0.15, -0.1) is 0 Å². The minimum Gasteiger partial charge on any atom is -0.665 e. The number of hydrogen-bond acceptors (Lipinski definition) is 4. The molecule has 9 nitrogen and oxygen atoms in total. The first-order chi connectivity index (χ1) is 9.22. The molecule has 0 rings (SSSR count). The number of carbonyl (C=O) groups excluding carboxylic acids is 1. The zero-order chi connectivity index (χ0) is 16.1. The topological polar surface area (TPSA) is 191 Å². The van der Waals surface area contributed by atoms with E-state index in [9.17, 15) is 14.4 Å². The molecule has 0 aliphatic carbocycles. The zero-order valence-corrected chi connectivity index (χ0v) is 14.8. The Hall–Kier alpha value is -1.09. The molecule has 0 saturated carbocycles. The van der Waals surface area contributed by atoms with Gasteiger partial charge in [0.05, 0.1) is 0 Å². The molecule has 0 fully saturated rings. The number of unbranched alkanes of at least 4 members (excludes halogenated alkanes) is 1. The number of nitrogens with one attached hydrogen (secondary N) is 2. The van der Waals surface area contributed by atoms with Crippen LogP contribution in [0, 0.1) is 0 Å². The number of hydrogen-bond donors (Lipinski definition) is 4. The minimum absolute atomic E-state index is 0. The van der Waals surface area contributed by atoms with E-state index in [1.165, 1.54) is 0 Å². The maximum Gasteiger partial charge on any atom is 2.00 e. The van der Waals surface area contributed by atoms with Gasteiger partial charge in [0.2, 0.25) is 5.91 Å². The van der Waals surface area contributed by atoms with Crippen LogP contribution in [0.3, 0.4) is 0 Å². The number of carbonyl (C=O) groups is 3. The molecule has 2 atom stereocenters. The van der Waals surface area contributed by atoms with Crippen molar-refractivity contribution in [3.05, 3.63) is 11.5 Å². The Labute approximate surface area is 136 Å². The summed E-state index contributed by atoms with van der Waals surface area (Å²) in [6, 6.07) is -2.20. The van der Waals surface area contributed by atoms with Crippen molar-refractivity contribution in [3.8, 4) is 0 Å². The summed E-state index contributed by atoms with van der Waals surface area (Å²) >= 11 is 0. The molecule has 0 aromatic carbocycles. The molecule has 2 unspecified atom stereocenters. The van der Waals surface area contributed by atoms with Crippen LogP contribution in [0.5, 0.6) is 0 Å². The van der Waals surface area contributed by atoms with E-state index in [0.717, 1.165) is 12.8 Å². The average Bonchev–Trinajstić information content (AvgIpc) is 2.36. The Bertz CT molecular complexity index is 317. The number of nitrogens with two attached hydrogens (primary N) is 2. The predicted molar refractivity (Wildman–Crippen MR) is 72.8 cm³/mol. The van der Waals surface area contributed by atoms with Crippen LogP contribution in [-0.4, -0.2) is 46.7 Å². The third kappa shape index (κ3) is 18.9. The Morgan fingerprint density at radius 1 is 0.952 bits per heavy atom. The fourth-order valence-electron chi connectivity index (χ4n) is 1.03. The normalized spacial score (nSPS) is 12.1. The van der Waals surface area contributed by atoms with Gasteiger partial charge in [0.1, 0.15) is 0 Å². The van der Waals surface area contributed by atoms with Gasteiger partial charge in [-0.05, 0) is 25.0 Å². The summed E-state index contributed by atoms with van der Waals surface area (Å²) in [6.07, 6.45) is 1.90. The van der Waals surface area contributed by atoms with Crippen LogP contribution in [-0.2, 0) is 33.9 Å². The van der Waals surface area contributed by atoms with Crippen LogP contribution in [0.2, 0.25) is 0 Å². The van der Waals surface area contributed by atoms with E-state index in [2.05, 4.69) is 0 Å². The molecule has 21 heavy (non-hydrogen) atoms. The summed E-state index contributed by atoms with van der Waals surface area (Å²) in [4.78, 5) is 30.1. The molecule has 0 aromatic heterocycles. The Balaban J connectivity index is -0.000000295. The van der Waals surface area contributed by atoms with Gasteiger partial charge in [0, 0.05) is 6.42 Å². The van der Waals surface area contributed by atoms with Gasteiger partial charge in [0.15, 0.2) is 0 Å². The maximum absolute atomic E-state index is 10.1. The van der Waals surface area contributed by atoms with Crippen LogP contribution >= 0.6 is 0 Å². The van der Waals surface area contributed by atoms with Crippen molar-refractivity contribution >= 4 is 17.8 Å². The standard InChI is InChI=1S/C6H13N2O2.C5H9N2O3.Zn/c7-4-2-1-3-5(8)6(9)10;6-3(5(9)10)1-2-4(7)8;/h5,8H,1-4,7H2,(H,9,10);3,6H,1-2H2,(H2,7,8)(H,9,10);/q2*-1;+2. The molecule has 8 N–H and O–H groups in total. The van der Waals surface area contributed by atoms with Crippen molar-refractivity contribution in [3.63, 3.8) is 0 Å². The molecule has 0 aliphatic rings. The Kier molecular flexibility index (Phi) is 18.1. The molecule has 10 heteroatoms. The van der Waals surface area contributed by atoms with Crippen molar-refractivity contribution in [2.24, 2.45) is 11.5 Å². The summed E-state index contributed by atoms with van der Waals surface area (Å²) in [6.45, 7) is 0.576. The molecule has 0 aromatic rings. The second-order valence-corrected chi connectivity index (χ2v) is 4.07. The van der Waals surface area contributed by atoms with Crippen molar-refractivity contribution in [1.82, 2.24) is 0 Å². The van der Waals surface area contributed by atoms with Gasteiger partial charge in [-0.2, -0.15) is 0 Å². The first kappa shape index (κ1) is 24.9. The average molecular weight is 356 g/mol. The van der Waals surface area contributed by atoms with Crippen LogP contribution in [0.4, 0.5) is 0 Å². The molecular weight excluding hydrogens is 334 g/mol. The number of primary amides is 1. The summed E-state index contributed by atoms with van der Waals surface area (Å²) in [7, 11) is 0. The van der Waals surface area contributed by atoms with Gasteiger partial charge in [-0.3, -0.25) is 14.4 Å². The van der Waals surface area contributed by atoms with Crippen LogP contribution in [0.25, 0.3) is 11.5 Å². The predicted octanol–water partition coefficient (Wildman–Crippen LogP) is 0.376. The number of amides is 1. The zero-order valence-electron chi connectivity index (χ0n) is 11.9. The fraction of sp³-hybridized carbons (Fsp3) is 0.727. The van der Waals surface area contributed by atoms with Crippen LogP contribution in [0.1, 0.15) is 32.1 Å². The second kappa shape index (κ2) is 15.3. The largest absolute Gasteiger partial charge is 2.00 e. The molecule has 0 heterocycles. The van der Waals surface area contributed by atoms with E-state index in [-0.39, 0.29) is 32.3 Å². The van der Waals surface area contributed by atoms with Crippen LogP contribution < -0.4 is 11.5 Å². The van der Waals surface area contributed by atoms with E-state index in [4.69, 9.17) is 33.1 Å². The van der Waals surface area contributed by atoms with Crippen molar-refractivity contribution in [1.29, 1.82) is 0 Å². The van der Waals surface area contributed by atoms with Gasteiger partial charge >= 0.3 is 19.5 Å². The molecular formula is C11H22N4O5Zn. The molecule has 0 saturated heterocycles. The Morgan fingerprint density at radius 3 is 1.71 bits per heavy atom. The second-order valence-electron chi connectivity index (χ2n) is 4.07. The van der Waals surface area contributed by atoms with Gasteiger partial charge in [0.25, 0.3) is 11.9 Å². The first-order valence-electron chi connectivity index (χ1n) is 6.08. The van der Waals surface area contributed by atoms with Crippen molar-refractivity contribution in [2.75, 3.05) is 6.54 Å². The smallest absolute Gasteiger partial charge is 0.665 e. The van der Waals surface area contributed by atoms with Crippen molar-refractivity contribution < 1.29 is 44.1 Å². The van der Waals surface area contributed by atoms with E-state index >= 15 is 0 Å². The molecule has 0 bridgehead atoms. The maximum atomic E-state index is 10.1. The fourth-order valence-corrected chi connectivity index (χ4v) is 1.03. The number of carboxylic acids is 2. The molecule has 0 spiro atoms. The van der Waals surface area contributed by atoms with Gasteiger partial charge in [-0.25, -0.2) is 0 Å². The number of aliphatic carboxylic acids is 2. The third-order valence-corrected chi connectivity index (χ3v) is 2.22. The summed E-state index contributed by atoms with van der Waals surface area (Å²) in [5.41, 5.74) is 23.7. The minimum atomic E-state index is -1.23. The van der Waals surface area contributed by atoms with E-state index in [1.54, 1.807) is 0 Å². The third-order valence-electron chi connectivity index (χ3n) is 2.22. The number of carboxylic acid groups (broad SMARTS) is 2. The van der Waals surface area contributed by atoms with Crippen LogP contribution in [0.15, 0.2) is 0 Å². The van der Waals surface area contributed by atoms with Gasteiger partial charge in [-0.1, -0.05) is 19.3 Å². The van der Waals surface area contributed by atoms with E-state index in [1.807, 2.05) is 0 Å². The molecule has 0 radical (unpaired) electrons. The van der Waals surface area contributed by atoms with Crippen molar-refractivity contribution in [2.45, 2.75) is 44.2 Å². The summed E-state index contributed by atoms with van der Waals surface area (Å²) in [5.74, 6) is -2.84. The molecule has 1 amide bonds. The first-order valence-corrected chi connectivity index (χ1v) is 6.08. The van der Waals surface area contributed by atoms with E-state index in [0.29, 0.717) is 13.0 Å². The van der Waals surface area contributed by atoms with E-state index < -0.39 is 29.9 Å². The molecule has 0 aliphatic heterocycles.